The minimum absolute atomic E-state index is 0.0327. The Bertz CT molecular complexity index is 1650. The molecule has 1 fully saturated rings. The largest absolute Gasteiger partial charge is 0.453 e. The Morgan fingerprint density at radius 2 is 1.69 bits per heavy atom. The number of amides is 2. The van der Waals surface area contributed by atoms with Gasteiger partial charge in [-0.3, -0.25) is 9.78 Å². The molecule has 230 valence electrons. The number of hydrogen-bond donors (Lipinski definition) is 4. The van der Waals surface area contributed by atoms with Gasteiger partial charge in [-0.05, 0) is 47.7 Å². The van der Waals surface area contributed by atoms with Gasteiger partial charge in [0, 0.05) is 47.1 Å². The van der Waals surface area contributed by atoms with Crippen molar-refractivity contribution in [1.29, 1.82) is 0 Å². The summed E-state index contributed by atoms with van der Waals surface area (Å²) in [5.41, 5.74) is 5.64. The number of carbonyl (C=O) groups excluding carboxylic acids is 2. The second-order valence-electron chi connectivity index (χ2n) is 11.2. The van der Waals surface area contributed by atoms with Crippen LogP contribution in [0.4, 0.5) is 10.5 Å². The highest BCUT2D eigenvalue weighted by molar-refractivity contribution is 5.98. The topological polar surface area (TPSA) is 117 Å². The summed E-state index contributed by atoms with van der Waals surface area (Å²) in [6, 6.07) is 30.4. The van der Waals surface area contributed by atoms with Crippen LogP contribution in [0, 0.1) is 0 Å². The van der Waals surface area contributed by atoms with Crippen molar-refractivity contribution >= 4 is 28.6 Å². The van der Waals surface area contributed by atoms with E-state index in [1.807, 2.05) is 97.2 Å². The number of rotatable bonds is 10. The highest BCUT2D eigenvalue weighted by atomic mass is 16.5. The molecule has 1 aliphatic rings. The second kappa shape index (κ2) is 14.2. The molecule has 2 aromatic heterocycles. The molecule has 0 aliphatic carbocycles. The van der Waals surface area contributed by atoms with Crippen LogP contribution >= 0.6 is 0 Å². The molecule has 0 saturated carbocycles. The summed E-state index contributed by atoms with van der Waals surface area (Å²) in [5, 5.41) is 10.6. The van der Waals surface area contributed by atoms with Crippen molar-refractivity contribution in [3.8, 4) is 0 Å². The normalized spacial score (nSPS) is 17.1. The van der Waals surface area contributed by atoms with Crippen molar-refractivity contribution in [3.63, 3.8) is 0 Å². The van der Waals surface area contributed by atoms with Crippen molar-refractivity contribution in [2.45, 2.75) is 36.9 Å². The quantitative estimate of drug-likeness (QED) is 0.162. The number of methoxy groups -OCH3 is 1. The predicted octanol–water partition coefficient (Wildman–Crippen LogP) is 5.72. The zero-order chi connectivity index (χ0) is 31.0. The molecule has 3 unspecified atom stereocenters. The van der Waals surface area contributed by atoms with Crippen LogP contribution in [0.15, 0.2) is 109 Å². The lowest BCUT2D eigenvalue weighted by atomic mass is 9.84. The van der Waals surface area contributed by atoms with Gasteiger partial charge in [-0.25, -0.2) is 4.79 Å². The molecule has 3 atom stereocenters. The molecule has 3 aromatic carbocycles. The summed E-state index contributed by atoms with van der Waals surface area (Å²) in [7, 11) is 1.29. The average Bonchev–Trinajstić information content (AvgIpc) is 3.53. The number of para-hydroxylation sites is 1. The Labute approximate surface area is 262 Å². The van der Waals surface area contributed by atoms with Crippen LogP contribution in [-0.2, 0) is 20.7 Å². The molecule has 0 spiro atoms. The third-order valence-corrected chi connectivity index (χ3v) is 8.31. The second-order valence-corrected chi connectivity index (χ2v) is 11.2. The van der Waals surface area contributed by atoms with Crippen LogP contribution in [0.3, 0.4) is 0 Å². The van der Waals surface area contributed by atoms with Gasteiger partial charge in [0.2, 0.25) is 5.91 Å². The number of anilines is 1. The van der Waals surface area contributed by atoms with Crippen LogP contribution in [0.2, 0.25) is 0 Å². The first kappa shape index (κ1) is 30.1. The van der Waals surface area contributed by atoms with Crippen molar-refractivity contribution in [3.05, 3.63) is 132 Å². The number of morpholine rings is 1. The van der Waals surface area contributed by atoms with E-state index in [4.69, 9.17) is 9.47 Å². The minimum Gasteiger partial charge on any atom is -0.453 e. The van der Waals surface area contributed by atoms with E-state index in [0.29, 0.717) is 25.3 Å². The summed E-state index contributed by atoms with van der Waals surface area (Å²) in [4.78, 5) is 34.2. The van der Waals surface area contributed by atoms with Crippen LogP contribution in [0.1, 0.15) is 40.8 Å². The number of H-pyrrole nitrogens is 1. The number of ether oxygens (including phenoxy) is 2. The SMILES string of the molecule is COC(=O)NC(C(=O)Nc1ccccc1CCC1CNC(c2cc3cnccc3[nH]2)CO1)C(c1ccccc1)c1ccccc1. The van der Waals surface area contributed by atoms with Crippen molar-refractivity contribution in [2.75, 3.05) is 25.6 Å². The number of nitrogens with one attached hydrogen (secondary N) is 4. The van der Waals surface area contributed by atoms with Gasteiger partial charge >= 0.3 is 6.09 Å². The number of alkyl carbamates (subject to hydrolysis) is 1. The van der Waals surface area contributed by atoms with Gasteiger partial charge in [0.25, 0.3) is 0 Å². The van der Waals surface area contributed by atoms with Crippen molar-refractivity contribution in [2.24, 2.45) is 0 Å². The molecule has 1 aliphatic heterocycles. The Kier molecular flexibility index (Phi) is 9.48. The summed E-state index contributed by atoms with van der Waals surface area (Å²) in [6.07, 6.45) is 4.49. The maximum Gasteiger partial charge on any atom is 0.407 e. The molecule has 9 heteroatoms. The van der Waals surface area contributed by atoms with Crippen molar-refractivity contribution in [1.82, 2.24) is 20.6 Å². The summed E-state index contributed by atoms with van der Waals surface area (Å²) in [6.45, 7) is 1.28. The first-order valence-electron chi connectivity index (χ1n) is 15.2. The van der Waals surface area contributed by atoms with E-state index in [0.717, 1.165) is 39.7 Å². The fraction of sp³-hybridized carbons (Fsp3) is 0.250. The molecule has 4 N–H and O–H groups in total. The van der Waals surface area contributed by atoms with Gasteiger partial charge in [0.1, 0.15) is 6.04 Å². The number of nitrogens with zero attached hydrogens (tertiary/aromatic N) is 1. The Morgan fingerprint density at radius 3 is 2.36 bits per heavy atom. The lowest BCUT2D eigenvalue weighted by Crippen LogP contribution is -2.48. The molecule has 45 heavy (non-hydrogen) atoms. The van der Waals surface area contributed by atoms with Gasteiger partial charge < -0.3 is 30.4 Å². The summed E-state index contributed by atoms with van der Waals surface area (Å²) < 4.78 is 11.2. The van der Waals surface area contributed by atoms with Crippen LogP contribution < -0.4 is 16.0 Å². The van der Waals surface area contributed by atoms with E-state index >= 15 is 0 Å². The van der Waals surface area contributed by atoms with E-state index in [9.17, 15) is 9.59 Å². The van der Waals surface area contributed by atoms with E-state index in [-0.39, 0.29) is 18.1 Å². The zero-order valence-electron chi connectivity index (χ0n) is 25.1. The predicted molar refractivity (Wildman–Crippen MR) is 174 cm³/mol. The molecule has 2 amide bonds. The molecule has 6 rings (SSSR count). The van der Waals surface area contributed by atoms with E-state index in [1.165, 1.54) is 7.11 Å². The Hall–Kier alpha value is -4.99. The highest BCUT2D eigenvalue weighted by Gasteiger charge is 2.33. The molecule has 9 nitrogen and oxygen atoms in total. The molecule has 5 aromatic rings. The smallest absolute Gasteiger partial charge is 0.407 e. The number of fused-ring (bicyclic) bond motifs is 1. The maximum atomic E-state index is 14.0. The number of hydrogen-bond acceptors (Lipinski definition) is 6. The van der Waals surface area contributed by atoms with Crippen LogP contribution in [-0.4, -0.2) is 54.4 Å². The molecule has 0 radical (unpaired) electrons. The number of carbonyl (C=O) groups is 2. The fourth-order valence-corrected chi connectivity index (χ4v) is 5.96. The third kappa shape index (κ3) is 7.22. The highest BCUT2D eigenvalue weighted by Crippen LogP contribution is 2.30. The van der Waals surface area contributed by atoms with Gasteiger partial charge in [-0.1, -0.05) is 78.9 Å². The maximum absolute atomic E-state index is 14.0. The monoisotopic (exact) mass is 603 g/mol. The van der Waals surface area contributed by atoms with Gasteiger partial charge in [-0.2, -0.15) is 0 Å². The fourth-order valence-electron chi connectivity index (χ4n) is 5.96. The summed E-state index contributed by atoms with van der Waals surface area (Å²) in [5.74, 6) is -0.778. The number of aromatic amines is 1. The molecule has 1 saturated heterocycles. The van der Waals surface area contributed by atoms with E-state index in [2.05, 4.69) is 32.0 Å². The standard InChI is InChI=1S/C36H37N5O4/c1-44-36(43)41-34(33(25-11-4-2-5-12-25)26-13-6-3-7-14-26)35(42)40-29-15-9-8-10-24(29)16-17-28-22-38-32(23-45-28)31-20-27-21-37-19-18-30(27)39-31/h2-15,18-21,28,32-34,38-39H,16-17,22-23H2,1H3,(H,40,42)(H,41,43). The number of aryl methyl sites for hydroxylation is 1. The Balaban J connectivity index is 1.14. The first-order valence-corrected chi connectivity index (χ1v) is 15.2. The van der Waals surface area contributed by atoms with Crippen LogP contribution in [0.25, 0.3) is 10.9 Å². The minimum atomic E-state index is -0.932. The van der Waals surface area contributed by atoms with Crippen molar-refractivity contribution < 1.29 is 19.1 Å². The summed E-state index contributed by atoms with van der Waals surface area (Å²) >= 11 is 0. The molecule has 3 heterocycles. The van der Waals surface area contributed by atoms with Gasteiger partial charge in [0.05, 0.1) is 25.9 Å². The zero-order valence-corrected chi connectivity index (χ0v) is 25.1. The number of benzene rings is 3. The van der Waals surface area contributed by atoms with E-state index < -0.39 is 18.1 Å². The van der Waals surface area contributed by atoms with Gasteiger partial charge in [-0.15, -0.1) is 0 Å². The Morgan fingerprint density at radius 1 is 0.978 bits per heavy atom. The molecule has 0 bridgehead atoms. The number of pyridine rings is 1. The molecular weight excluding hydrogens is 566 g/mol. The lowest BCUT2D eigenvalue weighted by molar-refractivity contribution is -0.118. The average molecular weight is 604 g/mol. The lowest BCUT2D eigenvalue weighted by Gasteiger charge is -2.30. The van der Waals surface area contributed by atoms with E-state index in [1.54, 1.807) is 6.20 Å². The van der Waals surface area contributed by atoms with Gasteiger partial charge in [0.15, 0.2) is 0 Å². The van der Waals surface area contributed by atoms with Crippen LogP contribution in [0.5, 0.6) is 0 Å². The molecular formula is C36H37N5O4. The number of aromatic nitrogens is 2. The third-order valence-electron chi connectivity index (χ3n) is 8.31. The first-order chi connectivity index (χ1) is 22.1.